The highest BCUT2D eigenvalue weighted by Crippen LogP contribution is 2.22. The number of carbonyl (C=O) groups is 1. The molecule has 0 aromatic heterocycles. The maximum Gasteiger partial charge on any atom is 0.252 e. The number of likely N-dealkylation sites (tertiary alicyclic amines) is 2. The highest BCUT2D eigenvalue weighted by molar-refractivity contribution is 6.07. The van der Waals surface area contributed by atoms with Crippen LogP contribution in [0.2, 0.25) is 0 Å². The summed E-state index contributed by atoms with van der Waals surface area (Å²) in [5.74, 6) is 0.0621. The lowest BCUT2D eigenvalue weighted by Crippen LogP contribution is -2.44. The van der Waals surface area contributed by atoms with Gasteiger partial charge in [-0.3, -0.25) is 9.69 Å². The van der Waals surface area contributed by atoms with Crippen LogP contribution in [0.5, 0.6) is 0 Å². The van der Waals surface area contributed by atoms with Crippen LogP contribution in [-0.2, 0) is 0 Å². The van der Waals surface area contributed by atoms with Gasteiger partial charge in [0.15, 0.2) is 0 Å². The second-order valence-electron chi connectivity index (χ2n) is 7.52. The number of carbonyl (C=O) groups excluding carboxylic acids is 1. The molecule has 2 fully saturated rings. The summed E-state index contributed by atoms with van der Waals surface area (Å²) in [7, 11) is 2.20. The highest BCUT2D eigenvalue weighted by Gasteiger charge is 2.30. The van der Waals surface area contributed by atoms with Crippen molar-refractivity contribution in [2.45, 2.75) is 31.3 Å². The van der Waals surface area contributed by atoms with Crippen LogP contribution >= 0.6 is 0 Å². The Morgan fingerprint density at radius 3 is 2.60 bits per heavy atom. The summed E-state index contributed by atoms with van der Waals surface area (Å²) in [6.07, 6.45) is 3.56. The predicted molar refractivity (Wildman–Crippen MR) is 102 cm³/mol. The third kappa shape index (κ3) is 3.55. The Hall–Kier alpha value is -1.91. The van der Waals surface area contributed by atoms with Crippen LogP contribution < -0.4 is 5.32 Å². The summed E-state index contributed by atoms with van der Waals surface area (Å²) in [6.45, 7) is 4.47. The molecule has 0 radical (unpaired) electrons. The third-order valence-electron chi connectivity index (χ3n) is 5.79. The molecule has 4 rings (SSSR count). The van der Waals surface area contributed by atoms with Crippen LogP contribution in [0.3, 0.4) is 0 Å². The van der Waals surface area contributed by atoms with Crippen molar-refractivity contribution >= 4 is 16.7 Å². The van der Waals surface area contributed by atoms with Gasteiger partial charge in [0.1, 0.15) is 0 Å². The number of amides is 1. The van der Waals surface area contributed by atoms with Gasteiger partial charge >= 0.3 is 0 Å². The first-order chi connectivity index (χ1) is 12.2. The van der Waals surface area contributed by atoms with Crippen LogP contribution in [0, 0.1) is 0 Å². The highest BCUT2D eigenvalue weighted by atomic mass is 16.1. The summed E-state index contributed by atoms with van der Waals surface area (Å²) in [4.78, 5) is 17.8. The molecule has 2 aromatic carbocycles. The lowest BCUT2D eigenvalue weighted by molar-refractivity contribution is 0.0933. The molecule has 2 aliphatic rings. The van der Waals surface area contributed by atoms with E-state index in [1.54, 1.807) is 0 Å². The van der Waals surface area contributed by atoms with E-state index in [9.17, 15) is 4.79 Å². The molecular formula is C21H27N3O. The van der Waals surface area contributed by atoms with Gasteiger partial charge in [0.25, 0.3) is 5.91 Å². The average molecular weight is 337 g/mol. The zero-order valence-corrected chi connectivity index (χ0v) is 14.9. The molecule has 4 nitrogen and oxygen atoms in total. The van der Waals surface area contributed by atoms with Crippen molar-refractivity contribution in [1.29, 1.82) is 0 Å². The minimum Gasteiger partial charge on any atom is -0.348 e. The van der Waals surface area contributed by atoms with E-state index < -0.39 is 0 Å². The molecule has 1 N–H and O–H groups in total. The molecule has 0 bridgehead atoms. The summed E-state index contributed by atoms with van der Waals surface area (Å²) in [5.41, 5.74) is 0.788. The number of rotatable bonds is 3. The lowest BCUT2D eigenvalue weighted by atomic mass is 10.0. The van der Waals surface area contributed by atoms with Crippen molar-refractivity contribution in [3.05, 3.63) is 48.0 Å². The quantitative estimate of drug-likeness (QED) is 0.935. The van der Waals surface area contributed by atoms with E-state index in [0.29, 0.717) is 6.04 Å². The van der Waals surface area contributed by atoms with Gasteiger partial charge in [-0.1, -0.05) is 36.4 Å². The molecule has 1 unspecified atom stereocenters. The number of piperidine rings is 1. The topological polar surface area (TPSA) is 35.6 Å². The third-order valence-corrected chi connectivity index (χ3v) is 5.79. The first-order valence-electron chi connectivity index (χ1n) is 9.42. The van der Waals surface area contributed by atoms with E-state index in [0.717, 1.165) is 35.8 Å². The molecular weight excluding hydrogens is 310 g/mol. The van der Waals surface area contributed by atoms with Crippen LogP contribution in [0.25, 0.3) is 10.8 Å². The van der Waals surface area contributed by atoms with E-state index in [1.165, 1.54) is 25.9 Å². The van der Waals surface area contributed by atoms with Crippen molar-refractivity contribution in [3.8, 4) is 0 Å². The number of benzene rings is 2. The Bertz CT molecular complexity index is 746. The second kappa shape index (κ2) is 7.14. The average Bonchev–Trinajstić information content (AvgIpc) is 3.10. The summed E-state index contributed by atoms with van der Waals surface area (Å²) < 4.78 is 0. The standard InChI is InChI=1S/C21H27N3O/c1-23-12-10-18(11-13-23)24-14-9-17(15-24)22-21(25)20-8-4-6-16-5-2-3-7-19(16)20/h2-8,17-18H,9-15H2,1H3,(H,22,25). The van der Waals surface area contributed by atoms with E-state index >= 15 is 0 Å². The predicted octanol–water partition coefficient (Wildman–Crippen LogP) is 2.74. The SMILES string of the molecule is CN1CCC(N2CCC(NC(=O)c3cccc4ccccc34)C2)CC1. The molecule has 2 aliphatic heterocycles. The first kappa shape index (κ1) is 16.6. The van der Waals surface area contributed by atoms with Gasteiger partial charge in [-0.25, -0.2) is 0 Å². The van der Waals surface area contributed by atoms with E-state index in [2.05, 4.69) is 34.3 Å². The molecule has 2 saturated heterocycles. The minimum atomic E-state index is 0.0621. The van der Waals surface area contributed by atoms with Crippen molar-refractivity contribution in [2.24, 2.45) is 0 Å². The molecule has 4 heteroatoms. The molecule has 0 aliphatic carbocycles. The number of hydrogen-bond donors (Lipinski definition) is 1. The maximum absolute atomic E-state index is 12.8. The molecule has 132 valence electrons. The van der Waals surface area contributed by atoms with Crippen molar-refractivity contribution < 1.29 is 4.79 Å². The molecule has 0 spiro atoms. The number of fused-ring (bicyclic) bond motifs is 1. The summed E-state index contributed by atoms with van der Waals surface area (Å²) in [5, 5.41) is 5.43. The van der Waals surface area contributed by atoms with Gasteiger partial charge in [0.2, 0.25) is 0 Å². The zero-order valence-electron chi connectivity index (χ0n) is 14.9. The molecule has 1 amide bonds. The molecule has 0 saturated carbocycles. The molecule has 2 aromatic rings. The minimum absolute atomic E-state index is 0.0621. The Morgan fingerprint density at radius 1 is 1.00 bits per heavy atom. The van der Waals surface area contributed by atoms with Gasteiger partial charge in [0, 0.05) is 30.7 Å². The van der Waals surface area contributed by atoms with Crippen molar-refractivity contribution in [1.82, 2.24) is 15.1 Å². The van der Waals surface area contributed by atoms with Gasteiger partial charge in [-0.05, 0) is 56.2 Å². The normalized spacial score (nSPS) is 23.2. The van der Waals surface area contributed by atoms with Crippen LogP contribution in [-0.4, -0.2) is 61.0 Å². The van der Waals surface area contributed by atoms with E-state index in [4.69, 9.17) is 0 Å². The number of nitrogens with one attached hydrogen (secondary N) is 1. The van der Waals surface area contributed by atoms with Gasteiger partial charge in [0.05, 0.1) is 0 Å². The Kier molecular flexibility index (Phi) is 4.73. The van der Waals surface area contributed by atoms with Gasteiger partial charge in [-0.15, -0.1) is 0 Å². The van der Waals surface area contributed by atoms with Gasteiger partial charge < -0.3 is 10.2 Å². The largest absolute Gasteiger partial charge is 0.348 e. The lowest BCUT2D eigenvalue weighted by Gasteiger charge is -2.35. The Labute approximate surface area is 149 Å². The fourth-order valence-electron chi connectivity index (χ4n) is 4.28. The Morgan fingerprint density at radius 2 is 1.76 bits per heavy atom. The van der Waals surface area contributed by atoms with Crippen molar-refractivity contribution in [2.75, 3.05) is 33.2 Å². The summed E-state index contributed by atoms with van der Waals surface area (Å²) in [6, 6.07) is 15.0. The number of nitrogens with zero attached hydrogens (tertiary/aromatic N) is 2. The maximum atomic E-state index is 12.8. The van der Waals surface area contributed by atoms with Crippen LogP contribution in [0.15, 0.2) is 42.5 Å². The van der Waals surface area contributed by atoms with E-state index in [-0.39, 0.29) is 11.9 Å². The zero-order chi connectivity index (χ0) is 17.2. The van der Waals surface area contributed by atoms with Crippen LogP contribution in [0.1, 0.15) is 29.6 Å². The fraction of sp³-hybridized carbons (Fsp3) is 0.476. The number of hydrogen-bond acceptors (Lipinski definition) is 3. The molecule has 25 heavy (non-hydrogen) atoms. The van der Waals surface area contributed by atoms with Crippen molar-refractivity contribution in [3.63, 3.8) is 0 Å². The first-order valence-corrected chi connectivity index (χ1v) is 9.42. The Balaban J connectivity index is 1.40. The second-order valence-corrected chi connectivity index (χ2v) is 7.52. The summed E-state index contributed by atoms with van der Waals surface area (Å²) >= 11 is 0. The van der Waals surface area contributed by atoms with Gasteiger partial charge in [-0.2, -0.15) is 0 Å². The molecule has 2 heterocycles. The fourth-order valence-corrected chi connectivity index (χ4v) is 4.28. The monoisotopic (exact) mass is 337 g/mol. The molecule has 1 atom stereocenters. The smallest absolute Gasteiger partial charge is 0.252 e. The van der Waals surface area contributed by atoms with Crippen LogP contribution in [0.4, 0.5) is 0 Å². The van der Waals surface area contributed by atoms with E-state index in [1.807, 2.05) is 30.3 Å².